The van der Waals surface area contributed by atoms with Crippen LogP contribution in [0.2, 0.25) is 0 Å². The summed E-state index contributed by atoms with van der Waals surface area (Å²) in [5.41, 5.74) is 11.8. The van der Waals surface area contributed by atoms with Crippen molar-refractivity contribution < 1.29 is 0 Å². The van der Waals surface area contributed by atoms with Gasteiger partial charge < -0.3 is 5.73 Å². The summed E-state index contributed by atoms with van der Waals surface area (Å²) >= 11 is 0. The smallest absolute Gasteiger partial charge is 0.0461 e. The molecular weight excluding hydrogens is 206 g/mol. The topological polar surface area (TPSA) is 26.0 Å². The van der Waals surface area contributed by atoms with Gasteiger partial charge in [-0.15, -0.1) is 0 Å². The zero-order valence-electron chi connectivity index (χ0n) is 12.4. The Bertz CT molecular complexity index is 371. The second kappa shape index (κ2) is 4.81. The molecule has 2 N–H and O–H groups in total. The van der Waals surface area contributed by atoms with Crippen LogP contribution in [0, 0.1) is 32.6 Å². The van der Waals surface area contributed by atoms with E-state index in [0.717, 1.165) is 0 Å². The van der Waals surface area contributed by atoms with E-state index >= 15 is 0 Å². The molecule has 0 saturated heterocycles. The molecule has 0 aromatic heterocycles. The van der Waals surface area contributed by atoms with Crippen LogP contribution < -0.4 is 5.73 Å². The minimum Gasteiger partial charge on any atom is -0.321 e. The van der Waals surface area contributed by atoms with Crippen LogP contribution in [0.4, 0.5) is 0 Å². The van der Waals surface area contributed by atoms with Crippen molar-refractivity contribution in [1.29, 1.82) is 0 Å². The molecule has 96 valence electrons. The van der Waals surface area contributed by atoms with Gasteiger partial charge in [0.25, 0.3) is 0 Å². The van der Waals surface area contributed by atoms with Gasteiger partial charge in [0.2, 0.25) is 0 Å². The molecule has 0 aliphatic heterocycles. The van der Waals surface area contributed by atoms with Crippen LogP contribution in [0.1, 0.15) is 49.9 Å². The van der Waals surface area contributed by atoms with Crippen molar-refractivity contribution in [3.8, 4) is 0 Å². The molecule has 0 bridgehead atoms. The first-order chi connectivity index (χ1) is 7.71. The van der Waals surface area contributed by atoms with Crippen LogP contribution in [0.5, 0.6) is 0 Å². The summed E-state index contributed by atoms with van der Waals surface area (Å²) in [7, 11) is 0. The number of hydrogen-bond donors (Lipinski definition) is 1. The van der Waals surface area contributed by atoms with Crippen LogP contribution in [-0.4, -0.2) is 0 Å². The maximum atomic E-state index is 6.76. The average Bonchev–Trinajstić information content (AvgIpc) is 2.14. The van der Waals surface area contributed by atoms with Gasteiger partial charge in [-0.3, -0.25) is 0 Å². The number of aryl methyl sites for hydroxylation is 3. The van der Waals surface area contributed by atoms with E-state index in [-0.39, 0.29) is 5.54 Å². The Morgan fingerprint density at radius 1 is 0.882 bits per heavy atom. The summed E-state index contributed by atoms with van der Waals surface area (Å²) in [5, 5.41) is 0. The molecule has 0 aliphatic rings. The Labute approximate surface area is 106 Å². The first kappa shape index (κ1) is 14.2. The van der Waals surface area contributed by atoms with Gasteiger partial charge in [0, 0.05) is 5.54 Å². The van der Waals surface area contributed by atoms with Crippen LogP contribution in [0.15, 0.2) is 12.1 Å². The lowest BCUT2D eigenvalue weighted by atomic mass is 9.70. The third-order valence-corrected chi connectivity index (χ3v) is 4.02. The van der Waals surface area contributed by atoms with Crippen molar-refractivity contribution in [3.05, 3.63) is 34.4 Å². The van der Waals surface area contributed by atoms with E-state index < -0.39 is 0 Å². The van der Waals surface area contributed by atoms with E-state index in [0.29, 0.717) is 11.8 Å². The zero-order valence-corrected chi connectivity index (χ0v) is 12.4. The highest BCUT2D eigenvalue weighted by atomic mass is 14.8. The number of nitrogens with two attached hydrogens (primary N) is 1. The minimum absolute atomic E-state index is 0.234. The Morgan fingerprint density at radius 2 is 1.24 bits per heavy atom. The average molecular weight is 233 g/mol. The zero-order chi connectivity index (χ0) is 13.4. The highest BCUT2D eigenvalue weighted by Crippen LogP contribution is 2.38. The molecule has 0 radical (unpaired) electrons. The summed E-state index contributed by atoms with van der Waals surface area (Å²) in [6, 6.07) is 4.49. The molecule has 0 amide bonds. The maximum absolute atomic E-state index is 6.76. The third kappa shape index (κ3) is 2.40. The van der Waals surface area contributed by atoms with Crippen LogP contribution in [0.3, 0.4) is 0 Å². The molecule has 0 heterocycles. The van der Waals surface area contributed by atoms with E-state index in [1.807, 2.05) is 0 Å². The molecule has 0 saturated carbocycles. The second-order valence-corrected chi connectivity index (χ2v) is 6.02. The van der Waals surface area contributed by atoms with Crippen LogP contribution in [0.25, 0.3) is 0 Å². The summed E-state index contributed by atoms with van der Waals surface area (Å²) in [6.07, 6.45) is 0. The fourth-order valence-electron chi connectivity index (χ4n) is 3.11. The van der Waals surface area contributed by atoms with Crippen LogP contribution in [-0.2, 0) is 5.54 Å². The molecule has 0 spiro atoms. The van der Waals surface area contributed by atoms with Crippen molar-refractivity contribution in [2.75, 3.05) is 0 Å². The highest BCUT2D eigenvalue weighted by molar-refractivity contribution is 5.43. The standard InChI is InChI=1S/C16H27N/c1-10(2)16(17,11(3)4)15-13(6)8-12(5)9-14(15)7/h8-11H,17H2,1-7H3. The Kier molecular flexibility index (Phi) is 4.03. The molecule has 1 heteroatoms. The predicted octanol–water partition coefficient (Wildman–Crippen LogP) is 4.08. The van der Waals surface area contributed by atoms with E-state index in [1.54, 1.807) is 0 Å². The van der Waals surface area contributed by atoms with Crippen LogP contribution >= 0.6 is 0 Å². The molecule has 1 nitrogen and oxygen atoms in total. The van der Waals surface area contributed by atoms with Crippen molar-refractivity contribution >= 4 is 0 Å². The van der Waals surface area contributed by atoms with Crippen molar-refractivity contribution in [1.82, 2.24) is 0 Å². The first-order valence-electron chi connectivity index (χ1n) is 6.58. The Balaban J connectivity index is 3.50. The maximum Gasteiger partial charge on any atom is 0.0461 e. The van der Waals surface area contributed by atoms with Crippen molar-refractivity contribution in [3.63, 3.8) is 0 Å². The highest BCUT2D eigenvalue weighted by Gasteiger charge is 2.36. The number of hydrogen-bond acceptors (Lipinski definition) is 1. The SMILES string of the molecule is Cc1cc(C)c(C(N)(C(C)C)C(C)C)c(C)c1. The van der Waals surface area contributed by atoms with E-state index in [4.69, 9.17) is 5.73 Å². The summed E-state index contributed by atoms with van der Waals surface area (Å²) < 4.78 is 0. The molecule has 1 aromatic rings. The lowest BCUT2D eigenvalue weighted by Crippen LogP contribution is -2.47. The van der Waals surface area contributed by atoms with Gasteiger partial charge in [-0.1, -0.05) is 45.4 Å². The van der Waals surface area contributed by atoms with Gasteiger partial charge in [0.15, 0.2) is 0 Å². The molecule has 1 rings (SSSR count). The van der Waals surface area contributed by atoms with Gasteiger partial charge in [0.05, 0.1) is 0 Å². The summed E-state index contributed by atoms with van der Waals surface area (Å²) in [6.45, 7) is 15.4. The normalized spacial score (nSPS) is 12.6. The molecule has 1 aromatic carbocycles. The lowest BCUT2D eigenvalue weighted by Gasteiger charge is -2.40. The van der Waals surface area contributed by atoms with Gasteiger partial charge in [-0.25, -0.2) is 0 Å². The number of benzene rings is 1. The van der Waals surface area contributed by atoms with Gasteiger partial charge in [-0.05, 0) is 49.3 Å². The van der Waals surface area contributed by atoms with E-state index in [2.05, 4.69) is 60.6 Å². The van der Waals surface area contributed by atoms with Gasteiger partial charge in [-0.2, -0.15) is 0 Å². The van der Waals surface area contributed by atoms with E-state index in [1.165, 1.54) is 22.3 Å². The fraction of sp³-hybridized carbons (Fsp3) is 0.625. The minimum atomic E-state index is -0.234. The Hall–Kier alpha value is -0.820. The third-order valence-electron chi connectivity index (χ3n) is 4.02. The first-order valence-corrected chi connectivity index (χ1v) is 6.58. The van der Waals surface area contributed by atoms with Crippen molar-refractivity contribution in [2.45, 2.75) is 54.0 Å². The summed E-state index contributed by atoms with van der Waals surface area (Å²) in [5.74, 6) is 0.866. The second-order valence-electron chi connectivity index (χ2n) is 6.02. The predicted molar refractivity (Wildman–Crippen MR) is 76.2 cm³/mol. The molecule has 0 unspecified atom stereocenters. The molecule has 0 aliphatic carbocycles. The van der Waals surface area contributed by atoms with E-state index in [9.17, 15) is 0 Å². The summed E-state index contributed by atoms with van der Waals surface area (Å²) in [4.78, 5) is 0. The largest absolute Gasteiger partial charge is 0.321 e. The van der Waals surface area contributed by atoms with Gasteiger partial charge >= 0.3 is 0 Å². The quantitative estimate of drug-likeness (QED) is 0.836. The number of rotatable bonds is 3. The molecule has 0 fully saturated rings. The molecule has 17 heavy (non-hydrogen) atoms. The van der Waals surface area contributed by atoms with Crippen molar-refractivity contribution in [2.24, 2.45) is 17.6 Å². The lowest BCUT2D eigenvalue weighted by molar-refractivity contribution is 0.225. The fourth-order valence-corrected chi connectivity index (χ4v) is 3.11. The monoisotopic (exact) mass is 233 g/mol. The molecule has 0 atom stereocenters. The Morgan fingerprint density at radius 3 is 1.53 bits per heavy atom. The molecular formula is C16H27N. The van der Waals surface area contributed by atoms with Gasteiger partial charge in [0.1, 0.15) is 0 Å².